The second kappa shape index (κ2) is 3.89. The SMILES string of the molecule is CC1(c2ccccc2S(=O)(=O)Cl)CNC(=O)O1. The summed E-state index contributed by atoms with van der Waals surface area (Å²) in [4.78, 5) is 11.0. The molecular formula is C10H10ClNO4S. The van der Waals surface area contributed by atoms with Gasteiger partial charge in [-0.25, -0.2) is 13.2 Å². The zero-order valence-electron chi connectivity index (χ0n) is 8.94. The molecule has 0 spiro atoms. The Morgan fingerprint density at radius 1 is 1.41 bits per heavy atom. The lowest BCUT2D eigenvalue weighted by atomic mass is 9.96. The van der Waals surface area contributed by atoms with Crippen LogP contribution in [0.3, 0.4) is 0 Å². The Morgan fingerprint density at radius 2 is 2.06 bits per heavy atom. The third kappa shape index (κ3) is 2.23. The number of cyclic esters (lactones) is 1. The summed E-state index contributed by atoms with van der Waals surface area (Å²) in [6, 6.07) is 6.19. The molecule has 1 N–H and O–H groups in total. The number of hydrogen-bond acceptors (Lipinski definition) is 4. The van der Waals surface area contributed by atoms with Crippen LogP contribution in [0.2, 0.25) is 0 Å². The van der Waals surface area contributed by atoms with E-state index in [2.05, 4.69) is 5.32 Å². The third-order valence-corrected chi connectivity index (χ3v) is 3.99. The van der Waals surface area contributed by atoms with Crippen molar-refractivity contribution in [2.45, 2.75) is 17.4 Å². The van der Waals surface area contributed by atoms with Gasteiger partial charge in [0.25, 0.3) is 9.05 Å². The molecule has 0 aromatic heterocycles. The maximum Gasteiger partial charge on any atom is 0.408 e. The fourth-order valence-corrected chi connectivity index (χ4v) is 2.98. The van der Waals surface area contributed by atoms with E-state index in [1.807, 2.05) is 0 Å². The number of rotatable bonds is 2. The van der Waals surface area contributed by atoms with Crippen LogP contribution in [0.15, 0.2) is 29.2 Å². The number of benzene rings is 1. The first-order valence-corrected chi connectivity index (χ1v) is 7.15. The van der Waals surface area contributed by atoms with Crippen molar-refractivity contribution in [1.82, 2.24) is 5.32 Å². The average molecular weight is 276 g/mol. The molecule has 1 aromatic rings. The number of carbonyl (C=O) groups is 1. The summed E-state index contributed by atoms with van der Waals surface area (Å²) in [6.45, 7) is 1.83. The van der Waals surface area contributed by atoms with Crippen molar-refractivity contribution in [3.8, 4) is 0 Å². The van der Waals surface area contributed by atoms with Gasteiger partial charge in [-0.05, 0) is 13.0 Å². The summed E-state index contributed by atoms with van der Waals surface area (Å²) < 4.78 is 28.0. The highest BCUT2D eigenvalue weighted by Gasteiger charge is 2.40. The Bertz CT molecular complexity index is 571. The zero-order valence-corrected chi connectivity index (χ0v) is 10.5. The van der Waals surface area contributed by atoms with Crippen molar-refractivity contribution in [2.24, 2.45) is 0 Å². The molecule has 0 bridgehead atoms. The topological polar surface area (TPSA) is 72.5 Å². The predicted octanol–water partition coefficient (Wildman–Crippen LogP) is 1.57. The lowest BCUT2D eigenvalue weighted by molar-refractivity contribution is 0.0682. The van der Waals surface area contributed by atoms with Gasteiger partial charge in [0.05, 0.1) is 11.4 Å². The van der Waals surface area contributed by atoms with Crippen LogP contribution in [0.5, 0.6) is 0 Å². The van der Waals surface area contributed by atoms with Crippen LogP contribution in [-0.4, -0.2) is 21.1 Å². The zero-order chi connectivity index (χ0) is 12.7. The number of hydrogen-bond donors (Lipinski definition) is 1. The normalized spacial score (nSPS) is 24.2. The van der Waals surface area contributed by atoms with Crippen molar-refractivity contribution < 1.29 is 17.9 Å². The molecule has 1 aliphatic rings. The number of ether oxygens (including phenoxy) is 1. The van der Waals surface area contributed by atoms with E-state index in [1.165, 1.54) is 6.07 Å². The maximum absolute atomic E-state index is 11.4. The monoisotopic (exact) mass is 275 g/mol. The molecule has 7 heteroatoms. The first-order chi connectivity index (χ1) is 7.83. The highest BCUT2D eigenvalue weighted by Crippen LogP contribution is 2.34. The second-order valence-corrected chi connectivity index (χ2v) is 6.44. The van der Waals surface area contributed by atoms with Crippen molar-refractivity contribution in [1.29, 1.82) is 0 Å². The Kier molecular flexibility index (Phi) is 2.79. The molecule has 1 unspecified atom stereocenters. The minimum absolute atomic E-state index is 0.0410. The molecular weight excluding hydrogens is 266 g/mol. The van der Waals surface area contributed by atoms with Gasteiger partial charge >= 0.3 is 6.09 Å². The Morgan fingerprint density at radius 3 is 2.59 bits per heavy atom. The fourth-order valence-electron chi connectivity index (χ4n) is 1.78. The maximum atomic E-state index is 11.4. The molecule has 0 radical (unpaired) electrons. The quantitative estimate of drug-likeness (QED) is 0.832. The van der Waals surface area contributed by atoms with Gasteiger partial charge in [-0.2, -0.15) is 0 Å². The molecule has 92 valence electrons. The largest absolute Gasteiger partial charge is 0.436 e. The van der Waals surface area contributed by atoms with Gasteiger partial charge in [0.2, 0.25) is 0 Å². The molecule has 1 fully saturated rings. The van der Waals surface area contributed by atoms with Crippen LogP contribution in [0.4, 0.5) is 4.79 Å². The van der Waals surface area contributed by atoms with Gasteiger partial charge in [-0.15, -0.1) is 0 Å². The van der Waals surface area contributed by atoms with E-state index in [4.69, 9.17) is 15.4 Å². The number of carbonyl (C=O) groups excluding carboxylic acids is 1. The van der Waals surface area contributed by atoms with Crippen molar-refractivity contribution in [3.05, 3.63) is 29.8 Å². The van der Waals surface area contributed by atoms with Crippen molar-refractivity contribution in [3.63, 3.8) is 0 Å². The van der Waals surface area contributed by atoms with Crippen LogP contribution in [0.25, 0.3) is 0 Å². The molecule has 0 aliphatic carbocycles. The van der Waals surface area contributed by atoms with E-state index >= 15 is 0 Å². The summed E-state index contributed by atoms with van der Waals surface area (Å²) >= 11 is 0. The summed E-state index contributed by atoms with van der Waals surface area (Å²) in [5, 5.41) is 2.49. The molecule has 1 atom stereocenters. The van der Waals surface area contributed by atoms with E-state index in [-0.39, 0.29) is 11.4 Å². The Hall–Kier alpha value is -1.27. The number of amides is 1. The summed E-state index contributed by atoms with van der Waals surface area (Å²) in [6.07, 6.45) is -0.575. The van der Waals surface area contributed by atoms with E-state index in [1.54, 1.807) is 25.1 Å². The van der Waals surface area contributed by atoms with Gasteiger partial charge in [0, 0.05) is 16.2 Å². The van der Waals surface area contributed by atoms with Crippen molar-refractivity contribution in [2.75, 3.05) is 6.54 Å². The molecule has 17 heavy (non-hydrogen) atoms. The van der Waals surface area contributed by atoms with Gasteiger partial charge in [0.15, 0.2) is 5.60 Å². The van der Waals surface area contributed by atoms with E-state index in [0.717, 1.165) is 0 Å². The fraction of sp³-hybridized carbons (Fsp3) is 0.300. The van der Waals surface area contributed by atoms with Crippen LogP contribution in [0, 0.1) is 0 Å². The standard InChI is InChI=1S/C10H10ClNO4S/c1-10(6-12-9(13)16-10)7-4-2-3-5-8(7)17(11,14)15/h2-5H,6H2,1H3,(H,12,13). The van der Waals surface area contributed by atoms with E-state index in [9.17, 15) is 13.2 Å². The lowest BCUT2D eigenvalue weighted by Gasteiger charge is -2.23. The summed E-state index contributed by atoms with van der Waals surface area (Å²) in [5.74, 6) is 0. The summed E-state index contributed by atoms with van der Waals surface area (Å²) in [5.41, 5.74) is -0.649. The number of nitrogens with one attached hydrogen (secondary N) is 1. The lowest BCUT2D eigenvalue weighted by Crippen LogP contribution is -2.28. The van der Waals surface area contributed by atoms with Crippen molar-refractivity contribution >= 4 is 25.8 Å². The summed E-state index contributed by atoms with van der Waals surface area (Å²) in [7, 11) is 1.48. The molecule has 1 amide bonds. The van der Waals surface area contributed by atoms with Crippen LogP contribution >= 0.6 is 10.7 Å². The average Bonchev–Trinajstić information content (AvgIpc) is 2.59. The smallest absolute Gasteiger partial charge is 0.408 e. The predicted molar refractivity (Wildman–Crippen MR) is 61.3 cm³/mol. The molecule has 1 aliphatic heterocycles. The van der Waals surface area contributed by atoms with E-state index in [0.29, 0.717) is 5.56 Å². The van der Waals surface area contributed by atoms with Gasteiger partial charge in [-0.1, -0.05) is 18.2 Å². The molecule has 2 rings (SSSR count). The van der Waals surface area contributed by atoms with Crippen LogP contribution in [-0.2, 0) is 19.4 Å². The molecule has 0 saturated carbocycles. The minimum Gasteiger partial charge on any atom is -0.436 e. The third-order valence-electron chi connectivity index (χ3n) is 2.61. The van der Waals surface area contributed by atoms with E-state index < -0.39 is 20.7 Å². The van der Waals surface area contributed by atoms with Crippen LogP contribution < -0.4 is 5.32 Å². The Labute approximate surface area is 103 Å². The highest BCUT2D eigenvalue weighted by molar-refractivity contribution is 8.13. The van der Waals surface area contributed by atoms with Gasteiger partial charge < -0.3 is 10.1 Å². The highest BCUT2D eigenvalue weighted by atomic mass is 35.7. The van der Waals surface area contributed by atoms with Gasteiger partial charge in [0.1, 0.15) is 0 Å². The first kappa shape index (κ1) is 12.2. The molecule has 1 heterocycles. The second-order valence-electron chi connectivity index (χ2n) is 3.91. The van der Waals surface area contributed by atoms with Gasteiger partial charge in [-0.3, -0.25) is 0 Å². The minimum atomic E-state index is -3.87. The molecule has 1 aromatic carbocycles. The first-order valence-electron chi connectivity index (χ1n) is 4.84. The number of halogens is 1. The Balaban J connectivity index is 2.57. The molecule has 1 saturated heterocycles. The van der Waals surface area contributed by atoms with Crippen LogP contribution in [0.1, 0.15) is 12.5 Å². The molecule has 5 nitrogen and oxygen atoms in total. The number of alkyl carbamates (subject to hydrolysis) is 1.